The molecular formula is C19H20F3N3OS. The third-order valence-corrected chi connectivity index (χ3v) is 5.35. The lowest BCUT2D eigenvalue weighted by Gasteiger charge is -2.33. The Balaban J connectivity index is 1.81. The molecular weight excluding hydrogens is 375 g/mol. The second-order valence-electron chi connectivity index (χ2n) is 6.51. The van der Waals surface area contributed by atoms with E-state index in [1.165, 1.54) is 0 Å². The number of alkyl halides is 3. The lowest BCUT2D eigenvalue weighted by atomic mass is 10.0. The number of likely N-dealkylation sites (tertiary alicyclic amines) is 1. The highest BCUT2D eigenvalue weighted by Gasteiger charge is 2.34. The highest BCUT2D eigenvalue weighted by molar-refractivity contribution is 7.99. The van der Waals surface area contributed by atoms with E-state index < -0.39 is 11.9 Å². The van der Waals surface area contributed by atoms with Gasteiger partial charge in [-0.15, -0.1) is 0 Å². The van der Waals surface area contributed by atoms with Gasteiger partial charge in [0.2, 0.25) is 5.91 Å². The van der Waals surface area contributed by atoms with Gasteiger partial charge < -0.3 is 4.90 Å². The van der Waals surface area contributed by atoms with Crippen LogP contribution in [0.5, 0.6) is 0 Å². The molecule has 2 heterocycles. The maximum Gasteiger partial charge on any atom is 0.433 e. The third-order valence-electron chi connectivity index (χ3n) is 4.51. The molecule has 0 spiro atoms. The number of nitrogens with zero attached hydrogens (tertiary/aromatic N) is 3. The Bertz CT molecular complexity index is 799. The first-order chi connectivity index (χ1) is 12.8. The van der Waals surface area contributed by atoms with Gasteiger partial charge in [0.1, 0.15) is 5.69 Å². The Morgan fingerprint density at radius 2 is 1.96 bits per heavy atom. The molecule has 1 saturated heterocycles. The molecule has 3 rings (SSSR count). The molecule has 8 heteroatoms. The number of hydrogen-bond acceptors (Lipinski definition) is 4. The van der Waals surface area contributed by atoms with Crippen molar-refractivity contribution in [2.24, 2.45) is 0 Å². The monoisotopic (exact) mass is 395 g/mol. The number of piperidine rings is 1. The standard InChI is InChI=1S/C19H20F3N3OS/c1-13-7-5-6-10-25(13)17(26)12-27-18-23-15(14-8-3-2-4-9-14)11-16(24-18)19(20,21)22/h2-4,8-9,11,13H,5-7,10,12H2,1H3/t13-/m1/s1. The first kappa shape index (κ1) is 19.7. The van der Waals surface area contributed by atoms with Crippen LogP contribution in [0.3, 0.4) is 0 Å². The van der Waals surface area contributed by atoms with Gasteiger partial charge in [-0.1, -0.05) is 42.1 Å². The van der Waals surface area contributed by atoms with Gasteiger partial charge in [-0.3, -0.25) is 4.79 Å². The van der Waals surface area contributed by atoms with E-state index >= 15 is 0 Å². The predicted octanol–water partition coefficient (Wildman–Crippen LogP) is 4.66. The quantitative estimate of drug-likeness (QED) is 0.558. The van der Waals surface area contributed by atoms with Crippen molar-refractivity contribution in [3.05, 3.63) is 42.1 Å². The molecule has 1 aliphatic heterocycles. The molecule has 1 amide bonds. The van der Waals surface area contributed by atoms with Gasteiger partial charge in [0, 0.05) is 18.2 Å². The molecule has 0 N–H and O–H groups in total. The Kier molecular flexibility index (Phi) is 6.04. The van der Waals surface area contributed by atoms with Crippen LogP contribution in [0.15, 0.2) is 41.6 Å². The van der Waals surface area contributed by atoms with Crippen molar-refractivity contribution < 1.29 is 18.0 Å². The van der Waals surface area contributed by atoms with E-state index in [0.29, 0.717) is 12.1 Å². The fourth-order valence-corrected chi connectivity index (χ4v) is 3.81. The maximum atomic E-state index is 13.2. The van der Waals surface area contributed by atoms with E-state index in [9.17, 15) is 18.0 Å². The molecule has 144 valence electrons. The zero-order chi connectivity index (χ0) is 19.4. The van der Waals surface area contributed by atoms with Gasteiger partial charge in [0.05, 0.1) is 11.4 Å². The molecule has 0 radical (unpaired) electrons. The Morgan fingerprint density at radius 1 is 1.22 bits per heavy atom. The number of thioether (sulfide) groups is 1. The van der Waals surface area contributed by atoms with Crippen LogP contribution in [-0.2, 0) is 11.0 Å². The summed E-state index contributed by atoms with van der Waals surface area (Å²) in [5.74, 6) is -0.0608. The van der Waals surface area contributed by atoms with Crippen molar-refractivity contribution in [2.75, 3.05) is 12.3 Å². The SMILES string of the molecule is C[C@@H]1CCCCN1C(=O)CSc1nc(-c2ccccc2)cc(C(F)(F)F)n1. The molecule has 27 heavy (non-hydrogen) atoms. The van der Waals surface area contributed by atoms with Gasteiger partial charge in [0.15, 0.2) is 5.16 Å². The Morgan fingerprint density at radius 3 is 2.63 bits per heavy atom. The van der Waals surface area contributed by atoms with E-state index in [4.69, 9.17) is 0 Å². The summed E-state index contributed by atoms with van der Waals surface area (Å²) in [5, 5.41) is -0.0401. The van der Waals surface area contributed by atoms with Gasteiger partial charge in [-0.25, -0.2) is 9.97 Å². The van der Waals surface area contributed by atoms with Crippen LogP contribution in [0.25, 0.3) is 11.3 Å². The molecule has 1 aromatic carbocycles. The van der Waals surface area contributed by atoms with Crippen molar-refractivity contribution in [3.63, 3.8) is 0 Å². The number of hydrogen-bond donors (Lipinski definition) is 0. The maximum absolute atomic E-state index is 13.2. The first-order valence-electron chi connectivity index (χ1n) is 8.78. The second-order valence-corrected chi connectivity index (χ2v) is 7.45. The highest BCUT2D eigenvalue weighted by atomic mass is 32.2. The van der Waals surface area contributed by atoms with Crippen molar-refractivity contribution in [1.29, 1.82) is 0 Å². The second kappa shape index (κ2) is 8.29. The largest absolute Gasteiger partial charge is 0.433 e. The normalized spacial score (nSPS) is 17.8. The lowest BCUT2D eigenvalue weighted by Crippen LogP contribution is -2.42. The van der Waals surface area contributed by atoms with E-state index in [1.807, 2.05) is 6.92 Å². The molecule has 1 aliphatic rings. The molecule has 1 atom stereocenters. The molecule has 4 nitrogen and oxygen atoms in total. The average Bonchev–Trinajstić information content (AvgIpc) is 2.66. The number of aromatic nitrogens is 2. The summed E-state index contributed by atoms with van der Waals surface area (Å²) in [7, 11) is 0. The summed E-state index contributed by atoms with van der Waals surface area (Å²) in [4.78, 5) is 22.1. The summed E-state index contributed by atoms with van der Waals surface area (Å²) in [6.45, 7) is 2.69. The van der Waals surface area contributed by atoms with Crippen LogP contribution in [-0.4, -0.2) is 39.1 Å². The average molecular weight is 395 g/mol. The summed E-state index contributed by atoms with van der Waals surface area (Å²) in [6.07, 6.45) is -1.57. The lowest BCUT2D eigenvalue weighted by molar-refractivity contribution is -0.141. The van der Waals surface area contributed by atoms with Crippen molar-refractivity contribution in [1.82, 2.24) is 14.9 Å². The van der Waals surface area contributed by atoms with Gasteiger partial charge >= 0.3 is 6.18 Å². The summed E-state index contributed by atoms with van der Waals surface area (Å²) >= 11 is 0.950. The molecule has 0 saturated carbocycles. The third kappa shape index (κ3) is 5.00. The van der Waals surface area contributed by atoms with Crippen molar-refractivity contribution >= 4 is 17.7 Å². The van der Waals surface area contributed by atoms with Gasteiger partial charge in [0.25, 0.3) is 0 Å². The predicted molar refractivity (Wildman–Crippen MR) is 98.2 cm³/mol. The van der Waals surface area contributed by atoms with Crippen LogP contribution in [0, 0.1) is 0 Å². The number of carbonyl (C=O) groups is 1. The Hall–Kier alpha value is -2.09. The zero-order valence-corrected chi connectivity index (χ0v) is 15.7. The van der Waals surface area contributed by atoms with Crippen molar-refractivity contribution in [2.45, 2.75) is 43.6 Å². The van der Waals surface area contributed by atoms with E-state index in [0.717, 1.165) is 37.1 Å². The van der Waals surface area contributed by atoms with Crippen LogP contribution in [0.4, 0.5) is 13.2 Å². The molecule has 0 bridgehead atoms. The smallest absolute Gasteiger partial charge is 0.339 e. The van der Waals surface area contributed by atoms with E-state index in [-0.39, 0.29) is 28.6 Å². The number of halogens is 3. The van der Waals surface area contributed by atoms with Crippen LogP contribution >= 0.6 is 11.8 Å². The molecule has 2 aromatic rings. The highest BCUT2D eigenvalue weighted by Crippen LogP contribution is 2.32. The zero-order valence-electron chi connectivity index (χ0n) is 14.9. The Labute approximate surface area is 160 Å². The fraction of sp³-hybridized carbons (Fsp3) is 0.421. The number of amides is 1. The topological polar surface area (TPSA) is 46.1 Å². The van der Waals surface area contributed by atoms with Crippen LogP contribution < -0.4 is 0 Å². The van der Waals surface area contributed by atoms with E-state index in [1.54, 1.807) is 35.2 Å². The van der Waals surface area contributed by atoms with Crippen LogP contribution in [0.1, 0.15) is 31.9 Å². The molecule has 1 aromatic heterocycles. The van der Waals surface area contributed by atoms with Gasteiger partial charge in [-0.2, -0.15) is 13.2 Å². The number of benzene rings is 1. The minimum Gasteiger partial charge on any atom is -0.339 e. The van der Waals surface area contributed by atoms with Crippen LogP contribution in [0.2, 0.25) is 0 Å². The number of rotatable bonds is 4. The minimum absolute atomic E-state index is 0.0277. The van der Waals surface area contributed by atoms with Gasteiger partial charge in [-0.05, 0) is 32.3 Å². The minimum atomic E-state index is -4.58. The molecule has 0 unspecified atom stereocenters. The number of carbonyl (C=O) groups excluding carboxylic acids is 1. The summed E-state index contributed by atoms with van der Waals surface area (Å²) in [6, 6.07) is 9.73. The van der Waals surface area contributed by atoms with Crippen molar-refractivity contribution in [3.8, 4) is 11.3 Å². The first-order valence-corrected chi connectivity index (χ1v) is 9.77. The summed E-state index contributed by atoms with van der Waals surface area (Å²) < 4.78 is 39.7. The summed E-state index contributed by atoms with van der Waals surface area (Å²) in [5.41, 5.74) is -0.236. The fourth-order valence-electron chi connectivity index (χ4n) is 3.07. The molecule has 0 aliphatic carbocycles. The van der Waals surface area contributed by atoms with E-state index in [2.05, 4.69) is 9.97 Å². The molecule has 1 fully saturated rings.